The van der Waals surface area contributed by atoms with E-state index < -0.39 is 0 Å². The molecule has 2 aromatic heterocycles. The molecular weight excluding hydrogens is 358 g/mol. The second-order valence-corrected chi connectivity index (χ2v) is 7.60. The van der Waals surface area contributed by atoms with Crippen LogP contribution in [-0.4, -0.2) is 9.97 Å². The third kappa shape index (κ3) is 3.42. The highest BCUT2D eigenvalue weighted by atomic mass is 16.5. The summed E-state index contributed by atoms with van der Waals surface area (Å²) >= 11 is 0. The Labute approximate surface area is 170 Å². The van der Waals surface area contributed by atoms with Crippen LogP contribution in [0.15, 0.2) is 73.1 Å². The zero-order chi connectivity index (χ0) is 19.6. The van der Waals surface area contributed by atoms with Crippen LogP contribution in [0.4, 0.5) is 5.82 Å². The summed E-state index contributed by atoms with van der Waals surface area (Å²) in [6.07, 6.45) is 8.88. The van der Waals surface area contributed by atoms with Crippen molar-refractivity contribution >= 4 is 16.6 Å². The maximum absolute atomic E-state index is 6.32. The monoisotopic (exact) mass is 381 g/mol. The first-order valence-electron chi connectivity index (χ1n) is 10.2. The molecule has 1 fully saturated rings. The first-order chi connectivity index (χ1) is 14.3. The van der Waals surface area contributed by atoms with Crippen molar-refractivity contribution in [2.24, 2.45) is 0 Å². The van der Waals surface area contributed by atoms with E-state index in [9.17, 15) is 0 Å². The summed E-state index contributed by atoms with van der Waals surface area (Å²) in [6, 6.07) is 19.8. The molecule has 2 N–H and O–H groups in total. The summed E-state index contributed by atoms with van der Waals surface area (Å²) in [5.74, 6) is 2.72. The molecule has 4 nitrogen and oxygen atoms in total. The molecule has 29 heavy (non-hydrogen) atoms. The van der Waals surface area contributed by atoms with Gasteiger partial charge in [-0.05, 0) is 72.2 Å². The molecule has 0 amide bonds. The number of benzene rings is 2. The van der Waals surface area contributed by atoms with Crippen molar-refractivity contribution in [3.8, 4) is 22.8 Å². The highest BCUT2D eigenvalue weighted by Gasteiger charge is 2.22. The van der Waals surface area contributed by atoms with Gasteiger partial charge in [-0.1, -0.05) is 31.0 Å². The Kier molecular flexibility index (Phi) is 4.60. The number of hydrogen-bond donors (Lipinski definition) is 1. The van der Waals surface area contributed by atoms with Gasteiger partial charge in [0, 0.05) is 18.0 Å². The molecule has 4 aromatic rings. The minimum Gasteiger partial charge on any atom is -0.457 e. The number of pyridine rings is 2. The molecule has 144 valence electrons. The van der Waals surface area contributed by atoms with Crippen molar-refractivity contribution in [1.29, 1.82) is 0 Å². The van der Waals surface area contributed by atoms with Crippen molar-refractivity contribution in [2.45, 2.75) is 31.6 Å². The fourth-order valence-electron chi connectivity index (χ4n) is 4.32. The summed E-state index contributed by atoms with van der Waals surface area (Å²) in [5, 5.41) is 2.13. The van der Waals surface area contributed by atoms with E-state index in [1.54, 1.807) is 6.20 Å². The third-order valence-electron chi connectivity index (χ3n) is 5.76. The van der Waals surface area contributed by atoms with Crippen molar-refractivity contribution in [3.63, 3.8) is 0 Å². The molecule has 0 atom stereocenters. The Morgan fingerprint density at radius 2 is 1.55 bits per heavy atom. The quantitative estimate of drug-likeness (QED) is 0.449. The smallest absolute Gasteiger partial charge is 0.133 e. The first-order valence-corrected chi connectivity index (χ1v) is 10.2. The minimum absolute atomic E-state index is 0.537. The molecule has 0 aliphatic heterocycles. The number of nitrogens with two attached hydrogens (primary N) is 1. The van der Waals surface area contributed by atoms with E-state index in [1.165, 1.54) is 36.6 Å². The molecular formula is C25H23N3O. The number of aromatic nitrogens is 2. The Morgan fingerprint density at radius 3 is 2.31 bits per heavy atom. The van der Waals surface area contributed by atoms with Crippen LogP contribution in [0.5, 0.6) is 11.5 Å². The lowest BCUT2D eigenvalue weighted by Crippen LogP contribution is -2.01. The normalized spacial score (nSPS) is 14.3. The number of fused-ring (bicyclic) bond motifs is 1. The van der Waals surface area contributed by atoms with Crippen LogP contribution in [0.1, 0.15) is 37.2 Å². The molecule has 5 rings (SSSR count). The number of nitrogens with zero attached hydrogens (tertiary/aromatic N) is 2. The Hall–Kier alpha value is -3.40. The molecule has 0 unspecified atom stereocenters. The zero-order valence-electron chi connectivity index (χ0n) is 16.2. The van der Waals surface area contributed by atoms with E-state index in [2.05, 4.69) is 11.1 Å². The van der Waals surface area contributed by atoms with Gasteiger partial charge in [-0.15, -0.1) is 0 Å². The van der Waals surface area contributed by atoms with E-state index in [1.807, 2.05) is 60.8 Å². The molecule has 2 heterocycles. The van der Waals surface area contributed by atoms with Gasteiger partial charge in [0.05, 0.1) is 11.1 Å². The molecule has 1 aliphatic carbocycles. The molecule has 0 radical (unpaired) electrons. The van der Waals surface area contributed by atoms with Crippen molar-refractivity contribution in [3.05, 3.63) is 78.6 Å². The first kappa shape index (κ1) is 17.7. The third-order valence-corrected chi connectivity index (χ3v) is 5.76. The molecule has 0 saturated heterocycles. The van der Waals surface area contributed by atoms with Gasteiger partial charge in [-0.2, -0.15) is 0 Å². The topological polar surface area (TPSA) is 61.0 Å². The SMILES string of the molecule is Nc1nccc2c(C3CCCC3)cnc(-c3ccc(Oc4ccccc4)cc3)c12. The number of anilines is 1. The van der Waals surface area contributed by atoms with Gasteiger partial charge in [0.2, 0.25) is 0 Å². The predicted octanol–water partition coefficient (Wildman–Crippen LogP) is 6.33. The maximum atomic E-state index is 6.32. The second kappa shape index (κ2) is 7.55. The highest BCUT2D eigenvalue weighted by molar-refractivity contribution is 6.02. The van der Waals surface area contributed by atoms with Crippen LogP contribution in [0.25, 0.3) is 22.0 Å². The minimum atomic E-state index is 0.537. The Morgan fingerprint density at radius 1 is 0.828 bits per heavy atom. The maximum Gasteiger partial charge on any atom is 0.133 e. The zero-order valence-corrected chi connectivity index (χ0v) is 16.2. The standard InChI is InChI=1S/C25H23N3O/c26-25-23-21(14-15-27-25)22(17-6-4-5-7-17)16-28-24(23)18-10-12-20(13-11-18)29-19-8-2-1-3-9-19/h1-3,8-17H,4-7H2,(H2,26,27). The van der Waals surface area contributed by atoms with Crippen LogP contribution >= 0.6 is 0 Å². The summed E-state index contributed by atoms with van der Waals surface area (Å²) in [5.41, 5.74) is 9.50. The van der Waals surface area contributed by atoms with Gasteiger partial charge in [-0.25, -0.2) is 4.98 Å². The molecule has 0 bridgehead atoms. The van der Waals surface area contributed by atoms with Crippen molar-refractivity contribution in [1.82, 2.24) is 9.97 Å². The fourth-order valence-corrected chi connectivity index (χ4v) is 4.32. The van der Waals surface area contributed by atoms with E-state index >= 15 is 0 Å². The molecule has 4 heteroatoms. The van der Waals surface area contributed by atoms with Crippen LogP contribution in [0.3, 0.4) is 0 Å². The number of para-hydroxylation sites is 1. The highest BCUT2D eigenvalue weighted by Crippen LogP contribution is 2.40. The van der Waals surface area contributed by atoms with Gasteiger partial charge in [0.25, 0.3) is 0 Å². The van der Waals surface area contributed by atoms with Crippen LogP contribution in [0, 0.1) is 0 Å². The van der Waals surface area contributed by atoms with Crippen molar-refractivity contribution in [2.75, 3.05) is 5.73 Å². The molecule has 1 aliphatic rings. The van der Waals surface area contributed by atoms with Crippen molar-refractivity contribution < 1.29 is 4.74 Å². The summed E-state index contributed by atoms with van der Waals surface area (Å²) in [4.78, 5) is 9.18. The van der Waals surface area contributed by atoms with Crippen LogP contribution in [0.2, 0.25) is 0 Å². The summed E-state index contributed by atoms with van der Waals surface area (Å²) in [6.45, 7) is 0. The van der Waals surface area contributed by atoms with Gasteiger partial charge in [-0.3, -0.25) is 4.98 Å². The van der Waals surface area contributed by atoms with Gasteiger partial charge in [0.1, 0.15) is 17.3 Å². The van der Waals surface area contributed by atoms with Gasteiger partial charge in [0.15, 0.2) is 0 Å². The van der Waals surface area contributed by atoms with Gasteiger partial charge < -0.3 is 10.5 Å². The predicted molar refractivity (Wildman–Crippen MR) is 117 cm³/mol. The van der Waals surface area contributed by atoms with Crippen LogP contribution in [-0.2, 0) is 0 Å². The summed E-state index contributed by atoms with van der Waals surface area (Å²) in [7, 11) is 0. The van der Waals surface area contributed by atoms with Crippen LogP contribution < -0.4 is 10.5 Å². The Bertz CT molecular complexity index is 1130. The number of rotatable bonds is 4. The number of ether oxygens (including phenoxy) is 1. The lowest BCUT2D eigenvalue weighted by molar-refractivity contribution is 0.483. The van der Waals surface area contributed by atoms with E-state index in [-0.39, 0.29) is 0 Å². The largest absolute Gasteiger partial charge is 0.457 e. The lowest BCUT2D eigenvalue weighted by Gasteiger charge is -2.16. The van der Waals surface area contributed by atoms with E-state index in [0.717, 1.165) is 28.1 Å². The lowest BCUT2D eigenvalue weighted by atomic mass is 9.92. The molecule has 1 saturated carbocycles. The fraction of sp³-hybridized carbons (Fsp3) is 0.200. The van der Waals surface area contributed by atoms with E-state index in [4.69, 9.17) is 15.5 Å². The number of nitrogen functional groups attached to an aromatic ring is 1. The Balaban J connectivity index is 1.54. The number of hydrogen-bond acceptors (Lipinski definition) is 4. The average Bonchev–Trinajstić information content (AvgIpc) is 3.29. The average molecular weight is 381 g/mol. The summed E-state index contributed by atoms with van der Waals surface area (Å²) < 4.78 is 5.91. The molecule has 2 aromatic carbocycles. The second-order valence-electron chi connectivity index (χ2n) is 7.60. The van der Waals surface area contributed by atoms with E-state index in [0.29, 0.717) is 11.7 Å². The molecule has 0 spiro atoms. The van der Waals surface area contributed by atoms with Gasteiger partial charge >= 0.3 is 0 Å².